The first kappa shape index (κ1) is 27.2. The van der Waals surface area contributed by atoms with E-state index >= 15 is 0 Å². The summed E-state index contributed by atoms with van der Waals surface area (Å²) in [4.78, 5) is 11.1. The molecule has 0 bridgehead atoms. The van der Waals surface area contributed by atoms with E-state index in [1.165, 1.54) is 51.4 Å². The van der Waals surface area contributed by atoms with Crippen molar-refractivity contribution >= 4 is 75.6 Å². The third kappa shape index (κ3) is 9.14. The van der Waals surface area contributed by atoms with E-state index in [1.54, 1.807) is 0 Å². The van der Waals surface area contributed by atoms with Crippen LogP contribution in [0, 0.1) is 0 Å². The van der Waals surface area contributed by atoms with Gasteiger partial charge in [-0.05, 0) is 6.42 Å². The molecule has 8 heteroatoms. The summed E-state index contributed by atoms with van der Waals surface area (Å²) in [6, 6.07) is 0. The molecule has 0 rings (SSSR count). The maximum atomic E-state index is 11.1. The fourth-order valence-corrected chi connectivity index (χ4v) is 4.13. The first-order chi connectivity index (χ1) is 12.0. The largest absolute Gasteiger partial charge is 0.479 e. The number of hydrogen-bond acceptors (Lipinski definition) is 1. The lowest BCUT2D eigenvalue weighted by Crippen LogP contribution is -2.53. The van der Waals surface area contributed by atoms with Crippen LogP contribution >= 0.6 is 69.6 Å². The van der Waals surface area contributed by atoms with Gasteiger partial charge >= 0.3 is 5.97 Å². The van der Waals surface area contributed by atoms with Crippen LogP contribution in [-0.2, 0) is 4.79 Å². The molecule has 0 radical (unpaired) electrons. The molecule has 0 aromatic rings. The average molecular weight is 491 g/mol. The van der Waals surface area contributed by atoms with Gasteiger partial charge in [0.25, 0.3) is 0 Å². The Morgan fingerprint density at radius 1 is 0.692 bits per heavy atom. The van der Waals surface area contributed by atoms with Gasteiger partial charge in [-0.1, -0.05) is 154 Å². The molecule has 0 fully saturated rings. The Morgan fingerprint density at radius 2 is 1.04 bits per heavy atom. The number of alkyl halides is 6. The lowest BCUT2D eigenvalue weighted by Gasteiger charge is -2.38. The summed E-state index contributed by atoms with van der Waals surface area (Å²) in [7, 11) is 0. The van der Waals surface area contributed by atoms with E-state index in [4.69, 9.17) is 74.7 Å². The van der Waals surface area contributed by atoms with Crippen LogP contribution in [0.4, 0.5) is 0 Å². The van der Waals surface area contributed by atoms with E-state index < -0.39 is 19.0 Å². The summed E-state index contributed by atoms with van der Waals surface area (Å²) >= 11 is 35.8. The molecule has 0 aliphatic heterocycles. The van der Waals surface area contributed by atoms with Gasteiger partial charge in [-0.15, -0.1) is 0 Å². The smallest absolute Gasteiger partial charge is 0.343 e. The lowest BCUT2D eigenvalue weighted by atomic mass is 10.0. The highest BCUT2D eigenvalue weighted by atomic mass is 35.5. The van der Waals surface area contributed by atoms with E-state index in [0.717, 1.165) is 19.3 Å². The topological polar surface area (TPSA) is 37.3 Å². The predicted octanol–water partition coefficient (Wildman–Crippen LogP) is 8.68. The van der Waals surface area contributed by atoms with Crippen molar-refractivity contribution in [1.82, 2.24) is 0 Å². The number of aliphatic carboxylic acids is 1. The van der Waals surface area contributed by atoms with Crippen molar-refractivity contribution in [3.63, 3.8) is 0 Å². The predicted molar refractivity (Wildman–Crippen MR) is 117 cm³/mol. The maximum absolute atomic E-state index is 11.1. The highest BCUT2D eigenvalue weighted by molar-refractivity contribution is 6.73. The van der Waals surface area contributed by atoms with Crippen molar-refractivity contribution in [1.29, 1.82) is 0 Å². The van der Waals surface area contributed by atoms with E-state index in [2.05, 4.69) is 6.92 Å². The molecule has 156 valence electrons. The van der Waals surface area contributed by atoms with Gasteiger partial charge in [-0.2, -0.15) is 0 Å². The Morgan fingerprint density at radius 3 is 1.38 bits per heavy atom. The SMILES string of the molecule is CCCCCCCCCCCCCCC(Cl)(Cl)C(Cl)(Cl)C(Cl)(Cl)C(=O)O. The second-order valence-electron chi connectivity index (χ2n) is 6.80. The molecule has 0 unspecified atom stereocenters. The molecule has 2 nitrogen and oxygen atoms in total. The zero-order chi connectivity index (χ0) is 20.3. The van der Waals surface area contributed by atoms with Gasteiger partial charge in [0, 0.05) is 0 Å². The van der Waals surface area contributed by atoms with Crippen molar-refractivity contribution in [2.75, 3.05) is 0 Å². The Balaban J connectivity index is 3.91. The summed E-state index contributed by atoms with van der Waals surface area (Å²) in [6.45, 7) is 2.23. The molecule has 0 aliphatic rings. The van der Waals surface area contributed by atoms with Gasteiger partial charge in [-0.25, -0.2) is 4.79 Å². The summed E-state index contributed by atoms with van der Waals surface area (Å²) in [6.07, 6.45) is 14.4. The molecule has 1 N–H and O–H groups in total. The van der Waals surface area contributed by atoms with E-state index in [-0.39, 0.29) is 6.42 Å². The normalized spacial score (nSPS) is 13.2. The summed E-state index contributed by atoms with van der Waals surface area (Å²) in [5, 5.41) is 9.06. The Labute approximate surface area is 188 Å². The lowest BCUT2D eigenvalue weighted by molar-refractivity contribution is -0.138. The zero-order valence-electron chi connectivity index (χ0n) is 15.3. The number of hydrogen-bond donors (Lipinski definition) is 1. The minimum Gasteiger partial charge on any atom is -0.479 e. The monoisotopic (exact) mass is 488 g/mol. The molecule has 0 aliphatic carbocycles. The molecule has 0 saturated carbocycles. The molecular weight excluding hydrogens is 461 g/mol. The molecule has 26 heavy (non-hydrogen) atoms. The Hall–Kier alpha value is 1.21. The molecule has 0 atom stereocenters. The van der Waals surface area contributed by atoms with Crippen LogP contribution in [0.3, 0.4) is 0 Å². The third-order valence-electron chi connectivity index (χ3n) is 4.47. The Bertz CT molecular complexity index is 399. The van der Waals surface area contributed by atoms with Crippen molar-refractivity contribution in [3.8, 4) is 0 Å². The second kappa shape index (κ2) is 13.4. The van der Waals surface area contributed by atoms with Gasteiger partial charge in [-0.3, -0.25) is 0 Å². The fourth-order valence-electron chi connectivity index (χ4n) is 2.71. The van der Waals surface area contributed by atoms with Crippen molar-refractivity contribution in [3.05, 3.63) is 0 Å². The number of halogens is 6. The van der Waals surface area contributed by atoms with Crippen LogP contribution in [0.25, 0.3) is 0 Å². The van der Waals surface area contributed by atoms with Crippen LogP contribution in [0.1, 0.15) is 90.4 Å². The molecule has 0 saturated heterocycles. The van der Waals surface area contributed by atoms with Gasteiger partial charge < -0.3 is 5.11 Å². The van der Waals surface area contributed by atoms with Crippen LogP contribution in [0.15, 0.2) is 0 Å². The maximum Gasteiger partial charge on any atom is 0.343 e. The number of carboxylic acid groups (broad SMARTS) is 1. The van der Waals surface area contributed by atoms with E-state index in [1.807, 2.05) is 0 Å². The molecule has 0 aromatic heterocycles. The van der Waals surface area contributed by atoms with Crippen LogP contribution < -0.4 is 0 Å². The van der Waals surface area contributed by atoms with Crippen LogP contribution in [0.2, 0.25) is 0 Å². The summed E-state index contributed by atoms with van der Waals surface area (Å²) < 4.78 is -6.51. The average Bonchev–Trinajstić information content (AvgIpc) is 2.55. The minimum atomic E-state index is -2.50. The van der Waals surface area contributed by atoms with E-state index in [0.29, 0.717) is 6.42 Å². The van der Waals surface area contributed by atoms with Gasteiger partial charge in [0.1, 0.15) is 0 Å². The quantitative estimate of drug-likeness (QED) is 0.173. The van der Waals surface area contributed by atoms with Gasteiger partial charge in [0.05, 0.1) is 0 Å². The second-order valence-corrected chi connectivity index (χ2v) is 10.9. The number of unbranched alkanes of at least 4 members (excludes halogenated alkanes) is 11. The number of carbonyl (C=O) groups is 1. The highest BCUT2D eigenvalue weighted by Gasteiger charge is 2.64. The van der Waals surface area contributed by atoms with Crippen molar-refractivity contribution < 1.29 is 9.90 Å². The van der Waals surface area contributed by atoms with E-state index in [9.17, 15) is 4.79 Å². The van der Waals surface area contributed by atoms with Gasteiger partial charge in [0.2, 0.25) is 4.33 Å². The fraction of sp³-hybridized carbons (Fsp3) is 0.944. The molecule has 0 aromatic carbocycles. The molecule has 0 heterocycles. The summed E-state index contributed by atoms with van der Waals surface area (Å²) in [5.41, 5.74) is 0. The number of carboxylic acids is 1. The molecule has 0 spiro atoms. The first-order valence-corrected chi connectivity index (χ1v) is 11.6. The van der Waals surface area contributed by atoms with Crippen molar-refractivity contribution in [2.24, 2.45) is 0 Å². The number of rotatable bonds is 16. The Kier molecular flexibility index (Phi) is 14.1. The third-order valence-corrected chi connectivity index (χ3v) is 8.29. The highest BCUT2D eigenvalue weighted by Crippen LogP contribution is 2.56. The molecule has 0 amide bonds. The first-order valence-electron chi connectivity index (χ1n) is 9.37. The minimum absolute atomic E-state index is 0.203. The van der Waals surface area contributed by atoms with Crippen LogP contribution in [0.5, 0.6) is 0 Å². The standard InChI is InChI=1S/C18H30Cl6O2/c1-2-3-4-5-6-7-8-9-10-11-12-13-14-16(19,20)18(23,24)17(21,22)15(25)26/h2-14H2,1H3,(H,25,26). The van der Waals surface area contributed by atoms with Gasteiger partial charge in [0.15, 0.2) is 8.67 Å². The van der Waals surface area contributed by atoms with Crippen LogP contribution in [-0.4, -0.2) is 24.1 Å². The van der Waals surface area contributed by atoms with Crippen molar-refractivity contribution in [2.45, 2.75) is 103 Å². The molecular formula is C18H30Cl6O2. The summed E-state index contributed by atoms with van der Waals surface area (Å²) in [5.74, 6) is -1.59. The zero-order valence-corrected chi connectivity index (χ0v) is 19.9.